The van der Waals surface area contributed by atoms with Crippen molar-refractivity contribution in [1.82, 2.24) is 0 Å². The maximum Gasteiger partial charge on any atom is 0.163 e. The lowest BCUT2D eigenvalue weighted by molar-refractivity contribution is -0.116. The fourth-order valence-corrected chi connectivity index (χ4v) is 5.13. The van der Waals surface area contributed by atoms with Gasteiger partial charge in [-0.2, -0.15) is 0 Å². The zero-order valence-electron chi connectivity index (χ0n) is 20.9. The fraction of sp³-hybridized carbons (Fsp3) is 0.276. The Bertz CT molecular complexity index is 1330. The van der Waals surface area contributed by atoms with Crippen molar-refractivity contribution < 1.29 is 23.7 Å². The van der Waals surface area contributed by atoms with Gasteiger partial charge in [-0.25, -0.2) is 0 Å². The van der Waals surface area contributed by atoms with Crippen LogP contribution < -0.4 is 29.6 Å². The van der Waals surface area contributed by atoms with Crippen LogP contribution in [0, 0.1) is 0 Å². The highest BCUT2D eigenvalue weighted by Crippen LogP contribution is 2.47. The number of carbonyl (C=O) groups is 1. The zero-order valence-corrected chi connectivity index (χ0v) is 20.9. The number of carbonyl (C=O) groups excluding carboxylic acids is 1. The van der Waals surface area contributed by atoms with Gasteiger partial charge in [0.25, 0.3) is 0 Å². The number of ketones is 1. The zero-order chi connectivity index (χ0) is 25.2. The highest BCUT2D eigenvalue weighted by atomic mass is 16.5. The van der Waals surface area contributed by atoms with Crippen molar-refractivity contribution in [3.63, 3.8) is 0 Å². The Morgan fingerprint density at radius 1 is 0.750 bits per heavy atom. The summed E-state index contributed by atoms with van der Waals surface area (Å²) in [4.78, 5) is 13.9. The number of anilines is 2. The Hall–Kier alpha value is -4.13. The molecule has 0 bridgehead atoms. The first-order valence-electron chi connectivity index (χ1n) is 11.9. The van der Waals surface area contributed by atoms with Gasteiger partial charge in [0.2, 0.25) is 0 Å². The number of Topliss-reactive ketones (excluding diaryl/α,β-unsaturated/α-hetero) is 1. The van der Waals surface area contributed by atoms with E-state index in [1.165, 1.54) is 0 Å². The number of benzene rings is 3. The normalized spacial score (nSPS) is 18.7. The van der Waals surface area contributed by atoms with E-state index in [2.05, 4.69) is 10.6 Å². The average Bonchev–Trinajstić information content (AvgIpc) is 3.09. The number of hydrogen-bond donors (Lipinski definition) is 2. The largest absolute Gasteiger partial charge is 0.497 e. The number of rotatable bonds is 6. The smallest absolute Gasteiger partial charge is 0.163 e. The van der Waals surface area contributed by atoms with Crippen LogP contribution in [0.15, 0.2) is 71.9 Å². The molecule has 7 nitrogen and oxygen atoms in total. The van der Waals surface area contributed by atoms with E-state index >= 15 is 0 Å². The molecule has 2 atom stereocenters. The van der Waals surface area contributed by atoms with E-state index in [0.717, 1.165) is 33.8 Å². The molecule has 0 aromatic heterocycles. The summed E-state index contributed by atoms with van der Waals surface area (Å²) in [7, 11) is 6.51. The summed E-state index contributed by atoms with van der Waals surface area (Å²) < 4.78 is 22.1. The molecular weight excluding hydrogens is 456 g/mol. The third kappa shape index (κ3) is 4.21. The van der Waals surface area contributed by atoms with Gasteiger partial charge in [-0.15, -0.1) is 0 Å². The summed E-state index contributed by atoms with van der Waals surface area (Å²) in [6.45, 7) is 0. The molecule has 3 aromatic rings. The first-order chi connectivity index (χ1) is 17.6. The Morgan fingerprint density at radius 3 is 2.19 bits per heavy atom. The fourth-order valence-electron chi connectivity index (χ4n) is 5.13. The van der Waals surface area contributed by atoms with Crippen molar-refractivity contribution in [2.24, 2.45) is 0 Å². The molecule has 1 aliphatic carbocycles. The molecule has 0 fully saturated rings. The van der Waals surface area contributed by atoms with Gasteiger partial charge < -0.3 is 29.6 Å². The minimum absolute atomic E-state index is 0.00155. The summed E-state index contributed by atoms with van der Waals surface area (Å²) in [5, 5.41) is 7.18. The number of ether oxygens (including phenoxy) is 4. The predicted molar refractivity (Wildman–Crippen MR) is 140 cm³/mol. The van der Waals surface area contributed by atoms with Crippen molar-refractivity contribution in [3.05, 3.63) is 83.1 Å². The van der Waals surface area contributed by atoms with Crippen LogP contribution in [0.3, 0.4) is 0 Å². The Kier molecular flexibility index (Phi) is 6.46. The predicted octanol–water partition coefficient (Wildman–Crippen LogP) is 5.70. The van der Waals surface area contributed by atoms with E-state index in [1.54, 1.807) is 28.4 Å². The van der Waals surface area contributed by atoms with E-state index in [1.807, 2.05) is 60.7 Å². The van der Waals surface area contributed by atoms with Crippen LogP contribution in [0.5, 0.6) is 23.0 Å². The summed E-state index contributed by atoms with van der Waals surface area (Å²) in [5.41, 5.74) is 5.34. The lowest BCUT2D eigenvalue weighted by Gasteiger charge is -2.30. The first kappa shape index (κ1) is 23.6. The third-order valence-electron chi connectivity index (χ3n) is 6.94. The molecule has 0 unspecified atom stereocenters. The first-order valence-corrected chi connectivity index (χ1v) is 11.9. The van der Waals surface area contributed by atoms with Crippen LogP contribution in [0.1, 0.15) is 35.9 Å². The van der Waals surface area contributed by atoms with Crippen molar-refractivity contribution in [2.45, 2.75) is 24.8 Å². The maximum atomic E-state index is 13.9. The molecule has 36 heavy (non-hydrogen) atoms. The summed E-state index contributed by atoms with van der Waals surface area (Å²) in [6, 6.07) is 19.1. The molecule has 3 aromatic carbocycles. The molecule has 0 spiro atoms. The van der Waals surface area contributed by atoms with Crippen molar-refractivity contribution >= 4 is 17.2 Å². The Balaban J connectivity index is 1.62. The molecule has 1 heterocycles. The molecule has 0 saturated carbocycles. The minimum atomic E-state index is -0.403. The second-order valence-electron chi connectivity index (χ2n) is 8.89. The van der Waals surface area contributed by atoms with E-state index in [4.69, 9.17) is 18.9 Å². The number of para-hydroxylation sites is 2. The van der Waals surface area contributed by atoms with E-state index in [9.17, 15) is 4.79 Å². The summed E-state index contributed by atoms with van der Waals surface area (Å²) >= 11 is 0. The van der Waals surface area contributed by atoms with Gasteiger partial charge in [0.05, 0.1) is 45.9 Å². The molecule has 186 valence electrons. The molecule has 7 heteroatoms. The maximum absolute atomic E-state index is 13.9. The Morgan fingerprint density at radius 2 is 1.47 bits per heavy atom. The van der Waals surface area contributed by atoms with Gasteiger partial charge in [0.1, 0.15) is 11.5 Å². The second-order valence-corrected chi connectivity index (χ2v) is 8.89. The second kappa shape index (κ2) is 9.85. The molecule has 5 rings (SSSR count). The third-order valence-corrected chi connectivity index (χ3v) is 6.94. The molecule has 0 radical (unpaired) electrons. The molecular formula is C29H30N2O5. The van der Waals surface area contributed by atoms with Crippen LogP contribution in [0.2, 0.25) is 0 Å². The topological polar surface area (TPSA) is 78.1 Å². The lowest BCUT2D eigenvalue weighted by Crippen LogP contribution is -2.27. The van der Waals surface area contributed by atoms with Crippen molar-refractivity contribution in [2.75, 3.05) is 39.1 Å². The minimum Gasteiger partial charge on any atom is -0.497 e. The van der Waals surface area contributed by atoms with Crippen molar-refractivity contribution in [3.8, 4) is 23.0 Å². The van der Waals surface area contributed by atoms with Crippen LogP contribution >= 0.6 is 0 Å². The van der Waals surface area contributed by atoms with Crippen molar-refractivity contribution in [1.29, 1.82) is 0 Å². The number of hydrogen-bond acceptors (Lipinski definition) is 7. The summed E-state index contributed by atoms with van der Waals surface area (Å²) in [6.07, 6.45) is 1.06. The number of allylic oxidation sites excluding steroid dienone is 1. The van der Waals surface area contributed by atoms with E-state index in [-0.39, 0.29) is 11.7 Å². The van der Waals surface area contributed by atoms with Gasteiger partial charge >= 0.3 is 0 Å². The number of nitrogens with one attached hydrogen (secondary N) is 2. The van der Waals surface area contributed by atoms with Gasteiger partial charge in [-0.3, -0.25) is 4.79 Å². The quantitative estimate of drug-likeness (QED) is 0.463. The van der Waals surface area contributed by atoms with E-state index in [0.29, 0.717) is 35.8 Å². The molecule has 2 N–H and O–H groups in total. The van der Waals surface area contributed by atoms with Gasteiger partial charge in [-0.05, 0) is 60.4 Å². The van der Waals surface area contributed by atoms with Gasteiger partial charge in [0.15, 0.2) is 17.3 Å². The molecule has 0 amide bonds. The van der Waals surface area contributed by atoms with Crippen LogP contribution in [-0.4, -0.2) is 34.2 Å². The lowest BCUT2D eigenvalue weighted by atomic mass is 9.78. The highest BCUT2D eigenvalue weighted by Gasteiger charge is 2.37. The molecule has 2 aliphatic rings. The van der Waals surface area contributed by atoms with Gasteiger partial charge in [-0.1, -0.05) is 18.2 Å². The van der Waals surface area contributed by atoms with Crippen LogP contribution in [0.4, 0.5) is 11.4 Å². The van der Waals surface area contributed by atoms with Crippen LogP contribution in [0.25, 0.3) is 0 Å². The summed E-state index contributed by atoms with van der Waals surface area (Å²) in [5.74, 6) is 2.79. The van der Waals surface area contributed by atoms with Crippen LogP contribution in [-0.2, 0) is 4.79 Å². The standard InChI is InChI=1S/C29H30N2O5/c1-33-19-10-12-25(34-2)20(16-19)29-28-23(30-21-7-5-6-8-22(21)31-29)13-18(14-24(28)32)17-9-11-26(35-3)27(15-17)36-4/h5-12,15-16,18,29-31H,13-14H2,1-4H3/t18-,29-/m1/s1. The average molecular weight is 487 g/mol. The number of methoxy groups -OCH3 is 4. The SMILES string of the molecule is COc1ccc(OC)c([C@H]2Nc3ccccc3NC3=C2C(=O)C[C@H](c2ccc(OC)c(OC)c2)C3)c1. The number of fused-ring (bicyclic) bond motifs is 1. The van der Waals surface area contributed by atoms with Gasteiger partial charge in [0, 0.05) is 23.3 Å². The molecule has 1 aliphatic heterocycles. The van der Waals surface area contributed by atoms with E-state index < -0.39 is 6.04 Å². The highest BCUT2D eigenvalue weighted by molar-refractivity contribution is 6.01. The monoisotopic (exact) mass is 486 g/mol. The Labute approximate surface area is 211 Å². The molecule has 0 saturated heterocycles.